The Morgan fingerprint density at radius 2 is 1.14 bits per heavy atom. The topological polar surface area (TPSA) is 77.8 Å². The maximum atomic E-state index is 8.88. The van der Waals surface area contributed by atoms with E-state index in [1.54, 1.807) is 0 Å². The third kappa shape index (κ3) is 110. The zero-order valence-corrected chi connectivity index (χ0v) is 7.23. The Labute approximate surface area is 68.9 Å². The van der Waals surface area contributed by atoms with Gasteiger partial charge in [-0.2, -0.15) is 0 Å². The van der Waals surface area contributed by atoms with Crippen molar-refractivity contribution in [3.05, 3.63) is 0 Å². The molecule has 0 aliphatic heterocycles. The SMILES string of the molecule is O=P(O)(O)O.[Cl-].[Na+]. The molecule has 0 rings (SSSR count). The molecule has 7 heteroatoms. The van der Waals surface area contributed by atoms with Crippen molar-refractivity contribution in [2.75, 3.05) is 0 Å². The average molecular weight is 156 g/mol. The Morgan fingerprint density at radius 1 is 1.14 bits per heavy atom. The Morgan fingerprint density at radius 3 is 1.14 bits per heavy atom. The summed E-state index contributed by atoms with van der Waals surface area (Å²) < 4.78 is 8.88. The van der Waals surface area contributed by atoms with Crippen molar-refractivity contribution < 1.29 is 61.2 Å². The van der Waals surface area contributed by atoms with Gasteiger partial charge in [0.05, 0.1) is 0 Å². The van der Waals surface area contributed by atoms with E-state index < -0.39 is 7.82 Å². The third-order valence-electron chi connectivity index (χ3n) is 0. The molecule has 40 valence electrons. The van der Waals surface area contributed by atoms with Gasteiger partial charge in [0.2, 0.25) is 0 Å². The molecule has 0 atom stereocenters. The minimum atomic E-state index is -4.64. The maximum Gasteiger partial charge on any atom is 1.00 e. The van der Waals surface area contributed by atoms with E-state index in [-0.39, 0.29) is 42.0 Å². The van der Waals surface area contributed by atoms with Gasteiger partial charge in [-0.3, -0.25) is 0 Å². The minimum Gasteiger partial charge on any atom is -1.00 e. The van der Waals surface area contributed by atoms with E-state index in [4.69, 9.17) is 19.2 Å². The average Bonchev–Trinajstić information content (AvgIpc) is 0.722. The number of rotatable bonds is 0. The van der Waals surface area contributed by atoms with Crippen LogP contribution in [-0.2, 0) is 4.57 Å². The van der Waals surface area contributed by atoms with Crippen molar-refractivity contribution in [2.24, 2.45) is 0 Å². The summed E-state index contributed by atoms with van der Waals surface area (Å²) in [6, 6.07) is 0. The van der Waals surface area contributed by atoms with Crippen LogP contribution in [0.5, 0.6) is 0 Å². The molecule has 0 radical (unpaired) electrons. The van der Waals surface area contributed by atoms with Crippen LogP contribution in [-0.4, -0.2) is 14.7 Å². The van der Waals surface area contributed by atoms with E-state index >= 15 is 0 Å². The van der Waals surface area contributed by atoms with Gasteiger partial charge >= 0.3 is 37.4 Å². The van der Waals surface area contributed by atoms with Gasteiger partial charge in [-0.1, -0.05) is 0 Å². The molecule has 4 nitrogen and oxygen atoms in total. The number of hydrogen-bond acceptors (Lipinski definition) is 1. The molecule has 7 heavy (non-hydrogen) atoms. The standard InChI is InChI=1S/ClH.Na.H3O4P/c;;1-5(2,3)4/h1H;;(H3,1,2,3,4)/q;+1;/p-1. The molecule has 0 amide bonds. The number of hydrogen-bond donors (Lipinski definition) is 3. The summed E-state index contributed by atoms with van der Waals surface area (Å²) in [5.41, 5.74) is 0. The Balaban J connectivity index is -0.0000000800. The van der Waals surface area contributed by atoms with Gasteiger partial charge in [-0.25, -0.2) is 4.57 Å². The van der Waals surface area contributed by atoms with Gasteiger partial charge in [-0.15, -0.1) is 0 Å². The van der Waals surface area contributed by atoms with Gasteiger partial charge in [0.25, 0.3) is 0 Å². The Hall–Kier alpha value is 1.40. The summed E-state index contributed by atoms with van der Waals surface area (Å²) in [6.07, 6.45) is 0. The van der Waals surface area contributed by atoms with Crippen molar-refractivity contribution >= 4 is 7.82 Å². The first-order valence-corrected chi connectivity index (χ1v) is 2.35. The van der Waals surface area contributed by atoms with Crippen molar-refractivity contribution in [2.45, 2.75) is 0 Å². The van der Waals surface area contributed by atoms with Crippen LogP contribution < -0.4 is 42.0 Å². The second-order valence-corrected chi connectivity index (χ2v) is 1.54. The summed E-state index contributed by atoms with van der Waals surface area (Å²) in [5, 5.41) is 0. The minimum absolute atomic E-state index is 0. The molecule has 0 aliphatic carbocycles. The van der Waals surface area contributed by atoms with E-state index in [0.29, 0.717) is 0 Å². The molecule has 0 fully saturated rings. The van der Waals surface area contributed by atoms with Gasteiger partial charge in [-0.05, 0) is 0 Å². The van der Waals surface area contributed by atoms with Crippen LogP contribution in [0.3, 0.4) is 0 Å². The maximum absolute atomic E-state index is 8.88. The first-order chi connectivity index (χ1) is 2.00. The van der Waals surface area contributed by atoms with E-state index in [0.717, 1.165) is 0 Å². The van der Waals surface area contributed by atoms with Crippen molar-refractivity contribution in [1.29, 1.82) is 0 Å². The van der Waals surface area contributed by atoms with Crippen molar-refractivity contribution in [3.63, 3.8) is 0 Å². The Kier molecular flexibility index (Phi) is 12.5. The van der Waals surface area contributed by atoms with Gasteiger partial charge in [0, 0.05) is 0 Å². The summed E-state index contributed by atoms with van der Waals surface area (Å²) in [5.74, 6) is 0. The van der Waals surface area contributed by atoms with Crippen LogP contribution in [0.2, 0.25) is 0 Å². The predicted molar refractivity (Wildman–Crippen MR) is 14.3 cm³/mol. The zero-order valence-electron chi connectivity index (χ0n) is 3.58. The molecular formula is H3ClNaO4P. The molecule has 0 aromatic rings. The molecule has 0 spiro atoms. The molecule has 0 unspecified atom stereocenters. The predicted octanol–water partition coefficient (Wildman–Crippen LogP) is -6.92. The first kappa shape index (κ1) is 15.8. The molecule has 0 saturated carbocycles. The normalized spacial score (nSPS) is 8.43. The molecule has 0 heterocycles. The van der Waals surface area contributed by atoms with Crippen LogP contribution in [0.25, 0.3) is 0 Å². The molecule has 0 aromatic heterocycles. The van der Waals surface area contributed by atoms with Crippen LogP contribution in [0.15, 0.2) is 0 Å². The van der Waals surface area contributed by atoms with Crippen molar-refractivity contribution in [3.8, 4) is 0 Å². The van der Waals surface area contributed by atoms with E-state index in [2.05, 4.69) is 0 Å². The molecule has 0 bridgehead atoms. The van der Waals surface area contributed by atoms with Gasteiger partial charge in [0.1, 0.15) is 0 Å². The number of halogens is 1. The second-order valence-electron chi connectivity index (χ2n) is 0.513. The monoisotopic (exact) mass is 156 g/mol. The van der Waals surface area contributed by atoms with Crippen LogP contribution in [0.1, 0.15) is 0 Å². The summed E-state index contributed by atoms with van der Waals surface area (Å²) in [4.78, 5) is 21.6. The molecule has 0 aromatic carbocycles. The fourth-order valence-electron chi connectivity index (χ4n) is 0. The Bertz CT molecular complexity index is 57.8. The van der Waals surface area contributed by atoms with Crippen LogP contribution in [0, 0.1) is 0 Å². The molecule has 0 aliphatic rings. The fraction of sp³-hybridized carbons (Fsp3) is 0. The molecular weight excluding hydrogens is 153 g/mol. The van der Waals surface area contributed by atoms with Gasteiger partial charge in [0.15, 0.2) is 0 Å². The van der Waals surface area contributed by atoms with E-state index in [1.807, 2.05) is 0 Å². The largest absolute Gasteiger partial charge is 1.00 e. The third-order valence-corrected chi connectivity index (χ3v) is 0. The van der Waals surface area contributed by atoms with Crippen LogP contribution >= 0.6 is 7.82 Å². The van der Waals surface area contributed by atoms with Crippen LogP contribution in [0.4, 0.5) is 0 Å². The smallest absolute Gasteiger partial charge is 1.00 e. The molecule has 0 saturated heterocycles. The quantitative estimate of drug-likeness (QED) is 0.241. The second kappa shape index (κ2) is 5.54. The summed E-state index contributed by atoms with van der Waals surface area (Å²) in [6.45, 7) is 0. The number of phosphoric acid groups is 1. The van der Waals surface area contributed by atoms with E-state index in [9.17, 15) is 0 Å². The molecule has 3 N–H and O–H groups in total. The zero-order chi connectivity index (χ0) is 4.50. The first-order valence-electron chi connectivity index (χ1n) is 0.783. The summed E-state index contributed by atoms with van der Waals surface area (Å²) >= 11 is 0. The van der Waals surface area contributed by atoms with E-state index in [1.165, 1.54) is 0 Å². The van der Waals surface area contributed by atoms with Gasteiger partial charge < -0.3 is 27.1 Å². The summed E-state index contributed by atoms with van der Waals surface area (Å²) in [7, 11) is -4.64. The van der Waals surface area contributed by atoms with Crippen molar-refractivity contribution in [1.82, 2.24) is 0 Å². The fourth-order valence-corrected chi connectivity index (χ4v) is 0.